The number of carboxylic acid groups (broad SMARTS) is 2. The molecule has 0 saturated carbocycles. The van der Waals surface area contributed by atoms with Crippen molar-refractivity contribution in [3.8, 4) is 0 Å². The Morgan fingerprint density at radius 3 is 1.87 bits per heavy atom. The van der Waals surface area contributed by atoms with Crippen LogP contribution in [0.5, 0.6) is 0 Å². The fourth-order valence-corrected chi connectivity index (χ4v) is 2.82. The summed E-state index contributed by atoms with van der Waals surface area (Å²) < 4.78 is 0. The zero-order valence-corrected chi connectivity index (χ0v) is 13.5. The van der Waals surface area contributed by atoms with Crippen LogP contribution in [-0.2, 0) is 16.0 Å². The van der Waals surface area contributed by atoms with Crippen molar-refractivity contribution < 1.29 is 19.8 Å². The van der Waals surface area contributed by atoms with Gasteiger partial charge in [0.05, 0.1) is 11.5 Å². The standard InChI is InChI=1S/C14H13N3O4S2/c18-11(19)7-22-13-15-10(6-9-4-2-1-3-5-9)16-14(17-13)23-8-12(20)21/h1-5H,6-8H2,(H,18,19)(H,20,21). The molecular weight excluding hydrogens is 338 g/mol. The van der Waals surface area contributed by atoms with Crippen LogP contribution in [-0.4, -0.2) is 48.6 Å². The molecule has 120 valence electrons. The summed E-state index contributed by atoms with van der Waals surface area (Å²) in [5.41, 5.74) is 1.00. The number of carboxylic acids is 2. The summed E-state index contributed by atoms with van der Waals surface area (Å²) in [7, 11) is 0. The van der Waals surface area contributed by atoms with E-state index in [9.17, 15) is 9.59 Å². The van der Waals surface area contributed by atoms with Gasteiger partial charge in [-0.15, -0.1) is 0 Å². The summed E-state index contributed by atoms with van der Waals surface area (Å²) >= 11 is 1.96. The summed E-state index contributed by atoms with van der Waals surface area (Å²) in [6.45, 7) is 0. The van der Waals surface area contributed by atoms with Crippen molar-refractivity contribution in [2.45, 2.75) is 16.7 Å². The number of benzene rings is 1. The van der Waals surface area contributed by atoms with E-state index in [0.29, 0.717) is 12.2 Å². The quantitative estimate of drug-likeness (QED) is 0.687. The first-order valence-electron chi connectivity index (χ1n) is 6.51. The minimum Gasteiger partial charge on any atom is -0.481 e. The Morgan fingerprint density at radius 1 is 0.870 bits per heavy atom. The van der Waals surface area contributed by atoms with Crippen molar-refractivity contribution in [1.29, 1.82) is 0 Å². The molecule has 0 atom stereocenters. The average molecular weight is 351 g/mol. The highest BCUT2D eigenvalue weighted by Crippen LogP contribution is 2.19. The minimum atomic E-state index is -0.972. The van der Waals surface area contributed by atoms with Crippen LogP contribution in [0.4, 0.5) is 0 Å². The lowest BCUT2D eigenvalue weighted by atomic mass is 10.1. The molecule has 0 spiro atoms. The molecule has 1 aromatic heterocycles. The molecule has 2 rings (SSSR count). The van der Waals surface area contributed by atoms with Gasteiger partial charge in [-0.3, -0.25) is 9.59 Å². The molecule has 0 unspecified atom stereocenters. The van der Waals surface area contributed by atoms with Crippen LogP contribution >= 0.6 is 23.5 Å². The first-order valence-corrected chi connectivity index (χ1v) is 8.48. The Balaban J connectivity index is 2.20. The second-order valence-electron chi connectivity index (χ2n) is 4.34. The lowest BCUT2D eigenvalue weighted by Crippen LogP contribution is -2.06. The minimum absolute atomic E-state index is 0.169. The van der Waals surface area contributed by atoms with Gasteiger partial charge >= 0.3 is 11.9 Å². The smallest absolute Gasteiger partial charge is 0.313 e. The predicted octanol–water partition coefficient (Wildman–Crippen LogP) is 1.82. The number of thioether (sulfide) groups is 2. The maximum Gasteiger partial charge on any atom is 0.313 e. The van der Waals surface area contributed by atoms with Crippen LogP contribution in [0.1, 0.15) is 11.4 Å². The highest BCUT2D eigenvalue weighted by atomic mass is 32.2. The lowest BCUT2D eigenvalue weighted by molar-refractivity contribution is -0.134. The van der Waals surface area contributed by atoms with Crippen LogP contribution < -0.4 is 0 Å². The molecule has 0 saturated heterocycles. The van der Waals surface area contributed by atoms with Gasteiger partial charge in [0.2, 0.25) is 0 Å². The van der Waals surface area contributed by atoms with Gasteiger partial charge in [-0.25, -0.2) is 9.97 Å². The van der Waals surface area contributed by atoms with Crippen molar-refractivity contribution in [3.05, 3.63) is 41.7 Å². The SMILES string of the molecule is O=C(O)CSc1nc(Cc2ccccc2)nc(SCC(=O)O)n1. The molecule has 0 radical (unpaired) electrons. The zero-order chi connectivity index (χ0) is 16.7. The molecule has 1 heterocycles. The van der Waals surface area contributed by atoms with Crippen molar-refractivity contribution in [3.63, 3.8) is 0 Å². The molecule has 0 amide bonds. The fourth-order valence-electron chi connectivity index (χ4n) is 1.62. The molecule has 1 aromatic carbocycles. The fraction of sp³-hybridized carbons (Fsp3) is 0.214. The van der Waals surface area contributed by atoms with Crippen LogP contribution in [0.15, 0.2) is 40.6 Å². The van der Waals surface area contributed by atoms with Crippen LogP contribution in [0.2, 0.25) is 0 Å². The summed E-state index contributed by atoms with van der Waals surface area (Å²) in [4.78, 5) is 33.9. The van der Waals surface area contributed by atoms with E-state index in [0.717, 1.165) is 29.1 Å². The Kier molecular flexibility index (Phi) is 6.36. The molecule has 7 nitrogen and oxygen atoms in total. The normalized spacial score (nSPS) is 10.4. The number of carbonyl (C=O) groups is 2. The third kappa shape index (κ3) is 6.25. The third-order valence-corrected chi connectivity index (χ3v) is 4.16. The monoisotopic (exact) mass is 351 g/mol. The third-order valence-electron chi connectivity index (χ3n) is 2.50. The molecule has 23 heavy (non-hydrogen) atoms. The van der Waals surface area contributed by atoms with E-state index < -0.39 is 11.9 Å². The molecule has 9 heteroatoms. The Hall–Kier alpha value is -2.13. The molecule has 0 bridgehead atoms. The lowest BCUT2D eigenvalue weighted by Gasteiger charge is -2.06. The number of rotatable bonds is 8. The van der Waals surface area contributed by atoms with Crippen LogP contribution in [0, 0.1) is 0 Å². The summed E-state index contributed by atoms with van der Waals surface area (Å²) in [5, 5.41) is 18.1. The van der Waals surface area contributed by atoms with Gasteiger partial charge in [0.1, 0.15) is 5.82 Å². The summed E-state index contributed by atoms with van der Waals surface area (Å²) in [5.74, 6) is -1.80. The average Bonchev–Trinajstić information content (AvgIpc) is 2.52. The van der Waals surface area contributed by atoms with Gasteiger partial charge in [-0.2, -0.15) is 4.98 Å². The maximum atomic E-state index is 10.7. The maximum absolute atomic E-state index is 10.7. The Morgan fingerprint density at radius 2 is 1.39 bits per heavy atom. The molecule has 2 N–H and O–H groups in total. The molecule has 2 aromatic rings. The molecular formula is C14H13N3O4S2. The zero-order valence-electron chi connectivity index (χ0n) is 11.9. The topological polar surface area (TPSA) is 113 Å². The molecule has 0 fully saturated rings. The van der Waals surface area contributed by atoms with Gasteiger partial charge < -0.3 is 10.2 Å². The van der Waals surface area contributed by atoms with Crippen molar-refractivity contribution in [2.75, 3.05) is 11.5 Å². The van der Waals surface area contributed by atoms with Crippen molar-refractivity contribution in [2.24, 2.45) is 0 Å². The number of aliphatic carboxylic acids is 2. The molecule has 0 aliphatic heterocycles. The Labute approximate surface area is 140 Å². The number of aromatic nitrogens is 3. The number of hydrogen-bond acceptors (Lipinski definition) is 7. The number of nitrogens with zero attached hydrogens (tertiary/aromatic N) is 3. The van der Waals surface area contributed by atoms with Crippen molar-refractivity contribution in [1.82, 2.24) is 15.0 Å². The highest BCUT2D eigenvalue weighted by molar-refractivity contribution is 8.00. The van der Waals surface area contributed by atoms with Gasteiger partial charge in [0.15, 0.2) is 10.3 Å². The molecule has 0 aliphatic carbocycles. The van der Waals surface area contributed by atoms with Gasteiger partial charge in [0, 0.05) is 6.42 Å². The van der Waals surface area contributed by atoms with E-state index in [1.54, 1.807) is 0 Å². The Bertz CT molecular complexity index is 661. The van der Waals surface area contributed by atoms with Crippen molar-refractivity contribution >= 4 is 35.5 Å². The van der Waals surface area contributed by atoms with E-state index >= 15 is 0 Å². The van der Waals surface area contributed by atoms with Gasteiger partial charge in [-0.05, 0) is 5.56 Å². The van der Waals surface area contributed by atoms with Crippen LogP contribution in [0.25, 0.3) is 0 Å². The van der Waals surface area contributed by atoms with E-state index in [1.807, 2.05) is 30.3 Å². The first kappa shape index (κ1) is 17.2. The second kappa shape index (κ2) is 8.49. The summed E-state index contributed by atoms with van der Waals surface area (Å²) in [6, 6.07) is 9.56. The van der Waals surface area contributed by atoms with E-state index in [1.165, 1.54) is 0 Å². The van der Waals surface area contributed by atoms with E-state index in [2.05, 4.69) is 15.0 Å². The largest absolute Gasteiger partial charge is 0.481 e. The molecule has 0 aliphatic rings. The van der Waals surface area contributed by atoms with E-state index in [-0.39, 0.29) is 21.8 Å². The predicted molar refractivity (Wildman–Crippen MR) is 85.8 cm³/mol. The summed E-state index contributed by atoms with van der Waals surface area (Å²) in [6.07, 6.45) is 0.463. The van der Waals surface area contributed by atoms with Gasteiger partial charge in [-0.1, -0.05) is 53.9 Å². The first-order chi connectivity index (χ1) is 11.0. The highest BCUT2D eigenvalue weighted by Gasteiger charge is 2.11. The number of hydrogen-bond donors (Lipinski definition) is 2. The van der Waals surface area contributed by atoms with Crippen LogP contribution in [0.3, 0.4) is 0 Å². The van der Waals surface area contributed by atoms with Gasteiger partial charge in [0.25, 0.3) is 0 Å². The van der Waals surface area contributed by atoms with E-state index in [4.69, 9.17) is 10.2 Å². The second-order valence-corrected chi connectivity index (χ2v) is 6.23.